The minimum Gasteiger partial charge on any atom is -0.462 e. The predicted molar refractivity (Wildman–Crippen MR) is 289 cm³/mol. The summed E-state index contributed by atoms with van der Waals surface area (Å²) in [5.74, 6) is 1.71. The quantitative estimate of drug-likeness (QED) is 0.0343. The lowest BCUT2D eigenvalue weighted by atomic mass is 9.99. The lowest BCUT2D eigenvalue weighted by Gasteiger charge is -2.18. The van der Waals surface area contributed by atoms with Gasteiger partial charge < -0.3 is 14.2 Å². The van der Waals surface area contributed by atoms with Crippen LogP contribution in [-0.2, 0) is 28.6 Å². The van der Waals surface area contributed by atoms with Crippen LogP contribution >= 0.6 is 0 Å². The van der Waals surface area contributed by atoms with E-state index in [1.165, 1.54) is 218 Å². The maximum atomic E-state index is 12.9. The van der Waals surface area contributed by atoms with Crippen molar-refractivity contribution in [2.45, 2.75) is 343 Å². The average molecular weight is 948 g/mol. The standard InChI is InChI=1S/C61H118O6/c1-7-57(6)49-43-37-31-25-21-22-27-33-39-45-51-60(63)66-54-58(53-65-59(62)50-44-38-32-26-20-16-18-24-30-36-42-48-56(4)5)67-61(64)52-46-40-34-28-19-15-13-11-9-8-10-12-14-17-23-29-35-41-47-55(2)3/h55-58H,7-54H2,1-6H3/t57?,58-/m0/s1. The molecule has 0 fully saturated rings. The molecule has 0 aliphatic heterocycles. The number of rotatable bonds is 54. The van der Waals surface area contributed by atoms with Gasteiger partial charge in [-0.2, -0.15) is 0 Å². The highest BCUT2D eigenvalue weighted by molar-refractivity contribution is 5.71. The van der Waals surface area contributed by atoms with Gasteiger partial charge in [0.15, 0.2) is 6.10 Å². The van der Waals surface area contributed by atoms with Crippen molar-refractivity contribution >= 4 is 17.9 Å². The maximum Gasteiger partial charge on any atom is 0.306 e. The molecule has 0 aromatic heterocycles. The molecule has 0 aliphatic carbocycles. The van der Waals surface area contributed by atoms with Gasteiger partial charge in [-0.1, -0.05) is 298 Å². The molecule has 6 heteroatoms. The number of unbranched alkanes of at least 4 members (excludes halogenated alkanes) is 36. The minimum absolute atomic E-state index is 0.0635. The summed E-state index contributed by atoms with van der Waals surface area (Å²) in [5.41, 5.74) is 0. The van der Waals surface area contributed by atoms with Crippen LogP contribution < -0.4 is 0 Å². The zero-order valence-corrected chi connectivity index (χ0v) is 46.2. The summed E-state index contributed by atoms with van der Waals surface area (Å²) in [6.45, 7) is 13.8. The summed E-state index contributed by atoms with van der Waals surface area (Å²) in [7, 11) is 0. The average Bonchev–Trinajstić information content (AvgIpc) is 3.30. The van der Waals surface area contributed by atoms with Gasteiger partial charge in [0.2, 0.25) is 0 Å². The number of hydrogen-bond acceptors (Lipinski definition) is 6. The van der Waals surface area contributed by atoms with Gasteiger partial charge in [-0.3, -0.25) is 14.4 Å². The number of ether oxygens (including phenoxy) is 3. The van der Waals surface area contributed by atoms with Gasteiger partial charge in [0, 0.05) is 19.3 Å². The van der Waals surface area contributed by atoms with E-state index in [1.54, 1.807) is 0 Å². The fraction of sp³-hybridized carbons (Fsp3) is 0.951. The molecule has 0 saturated carbocycles. The third-order valence-corrected chi connectivity index (χ3v) is 14.3. The zero-order chi connectivity index (χ0) is 49.1. The van der Waals surface area contributed by atoms with Crippen LogP contribution in [0.5, 0.6) is 0 Å². The first-order valence-corrected chi connectivity index (χ1v) is 30.1. The Morgan fingerprint density at radius 2 is 0.522 bits per heavy atom. The minimum atomic E-state index is -0.764. The molecular formula is C61H118O6. The first kappa shape index (κ1) is 65.4. The molecule has 0 aliphatic rings. The Hall–Kier alpha value is -1.59. The molecule has 398 valence electrons. The van der Waals surface area contributed by atoms with Crippen LogP contribution in [0.4, 0.5) is 0 Å². The molecule has 0 bridgehead atoms. The highest BCUT2D eigenvalue weighted by Gasteiger charge is 2.19. The predicted octanol–water partition coefficient (Wildman–Crippen LogP) is 19.9. The Kier molecular flexibility index (Phi) is 51.0. The molecule has 0 rings (SSSR count). The van der Waals surface area contributed by atoms with E-state index in [-0.39, 0.29) is 31.1 Å². The number of carbonyl (C=O) groups excluding carboxylic acids is 3. The van der Waals surface area contributed by atoms with Crippen molar-refractivity contribution in [3.8, 4) is 0 Å². The monoisotopic (exact) mass is 947 g/mol. The molecule has 67 heavy (non-hydrogen) atoms. The second-order valence-electron chi connectivity index (χ2n) is 22.2. The SMILES string of the molecule is CCC(C)CCCCCCCCCCCCC(=O)OC[C@H](COC(=O)CCCCCCCCCCCCCC(C)C)OC(=O)CCCCCCCCCCCCCCCCCCCCC(C)C. The van der Waals surface area contributed by atoms with Crippen molar-refractivity contribution < 1.29 is 28.6 Å². The second kappa shape index (κ2) is 52.2. The summed E-state index contributed by atoms with van der Waals surface area (Å²) in [6, 6.07) is 0. The summed E-state index contributed by atoms with van der Waals surface area (Å²) in [5, 5.41) is 0. The first-order chi connectivity index (χ1) is 32.6. The van der Waals surface area contributed by atoms with E-state index in [0.717, 1.165) is 75.5 Å². The molecule has 6 nitrogen and oxygen atoms in total. The van der Waals surface area contributed by atoms with Gasteiger partial charge in [-0.15, -0.1) is 0 Å². The van der Waals surface area contributed by atoms with Crippen LogP contribution in [0.1, 0.15) is 337 Å². The highest BCUT2D eigenvalue weighted by atomic mass is 16.6. The molecule has 0 N–H and O–H groups in total. The van der Waals surface area contributed by atoms with Crippen molar-refractivity contribution in [1.29, 1.82) is 0 Å². The summed E-state index contributed by atoms with van der Waals surface area (Å²) < 4.78 is 16.9. The van der Waals surface area contributed by atoms with E-state index in [9.17, 15) is 14.4 Å². The Labute approximate surface area is 418 Å². The largest absolute Gasteiger partial charge is 0.462 e. The second-order valence-corrected chi connectivity index (χ2v) is 22.2. The molecule has 0 saturated heterocycles. The molecule has 0 radical (unpaired) electrons. The molecule has 0 aromatic carbocycles. The summed E-state index contributed by atoms with van der Waals surface area (Å²) in [6.07, 6.45) is 55.2. The van der Waals surface area contributed by atoms with Gasteiger partial charge in [0.05, 0.1) is 0 Å². The van der Waals surface area contributed by atoms with Crippen molar-refractivity contribution in [1.82, 2.24) is 0 Å². The van der Waals surface area contributed by atoms with Crippen molar-refractivity contribution in [2.24, 2.45) is 17.8 Å². The van der Waals surface area contributed by atoms with Gasteiger partial charge in [-0.25, -0.2) is 0 Å². The van der Waals surface area contributed by atoms with Crippen molar-refractivity contribution in [2.75, 3.05) is 13.2 Å². The van der Waals surface area contributed by atoms with Gasteiger partial charge >= 0.3 is 17.9 Å². The van der Waals surface area contributed by atoms with Crippen LogP contribution in [-0.4, -0.2) is 37.2 Å². The van der Waals surface area contributed by atoms with E-state index < -0.39 is 6.10 Å². The molecule has 0 heterocycles. The molecular weight excluding hydrogens is 829 g/mol. The fourth-order valence-electron chi connectivity index (χ4n) is 9.32. The smallest absolute Gasteiger partial charge is 0.306 e. The lowest BCUT2D eigenvalue weighted by molar-refractivity contribution is -0.167. The molecule has 0 aromatic rings. The Balaban J connectivity index is 4.27. The Morgan fingerprint density at radius 3 is 0.776 bits per heavy atom. The Bertz CT molecular complexity index is 1040. The van der Waals surface area contributed by atoms with Gasteiger partial charge in [-0.05, 0) is 37.0 Å². The molecule has 0 spiro atoms. The lowest BCUT2D eigenvalue weighted by Crippen LogP contribution is -2.30. The van der Waals surface area contributed by atoms with Crippen LogP contribution in [0.3, 0.4) is 0 Å². The van der Waals surface area contributed by atoms with E-state index >= 15 is 0 Å². The van der Waals surface area contributed by atoms with Crippen molar-refractivity contribution in [3.63, 3.8) is 0 Å². The van der Waals surface area contributed by atoms with E-state index in [4.69, 9.17) is 14.2 Å². The third kappa shape index (κ3) is 53.6. The summed E-state index contributed by atoms with van der Waals surface area (Å²) in [4.78, 5) is 38.2. The van der Waals surface area contributed by atoms with Gasteiger partial charge in [0.1, 0.15) is 13.2 Å². The fourth-order valence-corrected chi connectivity index (χ4v) is 9.32. The van der Waals surface area contributed by atoms with Crippen LogP contribution in [0.2, 0.25) is 0 Å². The number of carbonyl (C=O) groups is 3. The van der Waals surface area contributed by atoms with Crippen LogP contribution in [0, 0.1) is 17.8 Å². The van der Waals surface area contributed by atoms with Crippen LogP contribution in [0.15, 0.2) is 0 Å². The maximum absolute atomic E-state index is 12.9. The molecule has 0 amide bonds. The normalized spacial score (nSPS) is 12.5. The molecule has 1 unspecified atom stereocenters. The van der Waals surface area contributed by atoms with E-state index in [0.29, 0.717) is 19.3 Å². The Morgan fingerprint density at radius 1 is 0.299 bits per heavy atom. The van der Waals surface area contributed by atoms with Crippen molar-refractivity contribution in [3.05, 3.63) is 0 Å². The number of esters is 3. The van der Waals surface area contributed by atoms with Gasteiger partial charge in [0.25, 0.3) is 0 Å². The number of hydrogen-bond donors (Lipinski definition) is 0. The topological polar surface area (TPSA) is 78.9 Å². The first-order valence-electron chi connectivity index (χ1n) is 30.1. The summed E-state index contributed by atoms with van der Waals surface area (Å²) >= 11 is 0. The molecule has 2 atom stereocenters. The van der Waals surface area contributed by atoms with Crippen LogP contribution in [0.25, 0.3) is 0 Å². The zero-order valence-electron chi connectivity index (χ0n) is 46.2. The van der Waals surface area contributed by atoms with E-state index in [2.05, 4.69) is 41.5 Å². The highest BCUT2D eigenvalue weighted by Crippen LogP contribution is 2.19. The van der Waals surface area contributed by atoms with E-state index in [1.807, 2.05) is 0 Å². The third-order valence-electron chi connectivity index (χ3n) is 14.3.